The van der Waals surface area contributed by atoms with E-state index in [0.717, 1.165) is 13.0 Å². The van der Waals surface area contributed by atoms with Gasteiger partial charge in [-0.2, -0.15) is 0 Å². The highest BCUT2D eigenvalue weighted by atomic mass is 16.2. The molecular formula is C11H21N3O2. The molecule has 5 heteroatoms. The number of amides is 2. The van der Waals surface area contributed by atoms with Crippen molar-refractivity contribution < 1.29 is 9.59 Å². The van der Waals surface area contributed by atoms with Gasteiger partial charge >= 0.3 is 0 Å². The Kier molecular flexibility index (Phi) is 3.91. The summed E-state index contributed by atoms with van der Waals surface area (Å²) in [4.78, 5) is 24.8. The summed E-state index contributed by atoms with van der Waals surface area (Å²) >= 11 is 0. The number of nitrogens with one attached hydrogen (secondary N) is 1. The number of nitrogens with zero attached hydrogens (tertiary/aromatic N) is 1. The number of hydrogen-bond acceptors (Lipinski definition) is 3. The first-order valence-corrected chi connectivity index (χ1v) is 5.67. The number of nitrogens with two attached hydrogens (primary N) is 1. The monoisotopic (exact) mass is 227 g/mol. The molecular weight excluding hydrogens is 206 g/mol. The summed E-state index contributed by atoms with van der Waals surface area (Å²) in [5.74, 6) is -0.442. The second-order valence-electron chi connectivity index (χ2n) is 4.98. The average Bonchev–Trinajstić information content (AvgIpc) is 2.61. The van der Waals surface area contributed by atoms with Crippen LogP contribution in [0, 0.1) is 5.41 Å². The quantitative estimate of drug-likeness (QED) is 0.693. The fraction of sp³-hybridized carbons (Fsp3) is 0.818. The first kappa shape index (κ1) is 13.0. The lowest BCUT2D eigenvalue weighted by Gasteiger charge is -2.33. The molecule has 1 saturated heterocycles. The predicted octanol–water partition coefficient (Wildman–Crippen LogP) is -0.292. The molecule has 0 spiro atoms. The van der Waals surface area contributed by atoms with E-state index in [1.165, 1.54) is 0 Å². The molecule has 0 radical (unpaired) electrons. The fourth-order valence-electron chi connectivity index (χ4n) is 2.00. The van der Waals surface area contributed by atoms with Crippen molar-refractivity contribution in [3.05, 3.63) is 0 Å². The number of rotatable bonds is 4. The summed E-state index contributed by atoms with van der Waals surface area (Å²) in [6.07, 6.45) is 0.813. The maximum atomic E-state index is 12.3. The van der Waals surface area contributed by atoms with E-state index in [4.69, 9.17) is 5.73 Å². The summed E-state index contributed by atoms with van der Waals surface area (Å²) in [5, 5.41) is 3.18. The van der Waals surface area contributed by atoms with Crippen LogP contribution in [0.2, 0.25) is 0 Å². The summed E-state index contributed by atoms with van der Waals surface area (Å²) in [6.45, 7) is 7.26. The van der Waals surface area contributed by atoms with Gasteiger partial charge in [-0.05, 0) is 33.7 Å². The van der Waals surface area contributed by atoms with E-state index in [2.05, 4.69) is 5.32 Å². The lowest BCUT2D eigenvalue weighted by molar-refractivity contribution is -0.144. The smallest absolute Gasteiger partial charge is 0.237 e. The third-order valence-electron chi connectivity index (χ3n) is 3.10. The van der Waals surface area contributed by atoms with Crippen LogP contribution < -0.4 is 11.1 Å². The molecule has 0 bridgehead atoms. The van der Waals surface area contributed by atoms with Crippen molar-refractivity contribution in [2.45, 2.75) is 33.2 Å². The molecule has 16 heavy (non-hydrogen) atoms. The van der Waals surface area contributed by atoms with Crippen LogP contribution in [-0.4, -0.2) is 42.4 Å². The maximum absolute atomic E-state index is 12.3. The zero-order chi connectivity index (χ0) is 12.3. The zero-order valence-electron chi connectivity index (χ0n) is 10.2. The van der Waals surface area contributed by atoms with Crippen molar-refractivity contribution in [2.75, 3.05) is 19.6 Å². The highest BCUT2D eigenvalue weighted by Gasteiger charge is 2.40. The molecule has 1 rings (SSSR count). The van der Waals surface area contributed by atoms with Crippen molar-refractivity contribution in [1.29, 1.82) is 0 Å². The molecule has 1 fully saturated rings. The first-order valence-electron chi connectivity index (χ1n) is 5.67. The highest BCUT2D eigenvalue weighted by molar-refractivity contribution is 5.87. The van der Waals surface area contributed by atoms with Crippen LogP contribution in [-0.2, 0) is 9.59 Å². The normalized spacial score (nSPS) is 24.8. The molecule has 0 aromatic carbocycles. The number of carbonyl (C=O) groups is 2. The van der Waals surface area contributed by atoms with Crippen LogP contribution in [0.15, 0.2) is 0 Å². The van der Waals surface area contributed by atoms with Gasteiger partial charge in [0.1, 0.15) is 0 Å². The van der Waals surface area contributed by atoms with Gasteiger partial charge < -0.3 is 16.0 Å². The minimum atomic E-state index is -0.461. The Morgan fingerprint density at radius 2 is 2.12 bits per heavy atom. The molecule has 1 unspecified atom stereocenters. The minimum Gasteiger partial charge on any atom is -0.368 e. The Morgan fingerprint density at radius 1 is 1.50 bits per heavy atom. The van der Waals surface area contributed by atoms with Crippen molar-refractivity contribution in [3.8, 4) is 0 Å². The Morgan fingerprint density at radius 3 is 2.50 bits per heavy atom. The van der Waals surface area contributed by atoms with Gasteiger partial charge in [0.2, 0.25) is 11.8 Å². The second-order valence-corrected chi connectivity index (χ2v) is 4.98. The number of primary amides is 1. The zero-order valence-corrected chi connectivity index (χ0v) is 10.2. The fourth-order valence-corrected chi connectivity index (χ4v) is 2.00. The van der Waals surface area contributed by atoms with Crippen LogP contribution in [0.5, 0.6) is 0 Å². The second kappa shape index (κ2) is 4.82. The first-order chi connectivity index (χ1) is 7.37. The van der Waals surface area contributed by atoms with Gasteiger partial charge in [0, 0.05) is 12.6 Å². The summed E-state index contributed by atoms with van der Waals surface area (Å²) < 4.78 is 0. The molecule has 1 aliphatic rings. The van der Waals surface area contributed by atoms with Crippen LogP contribution >= 0.6 is 0 Å². The lowest BCUT2D eigenvalue weighted by atomic mass is 9.87. The molecule has 2 amide bonds. The van der Waals surface area contributed by atoms with Gasteiger partial charge in [-0.25, -0.2) is 0 Å². The van der Waals surface area contributed by atoms with Gasteiger partial charge in [-0.3, -0.25) is 9.59 Å². The standard InChI is InChI=1S/C11H21N3O2/c1-8(2)14(6-9(12)15)10(16)11(3)4-5-13-7-11/h8,13H,4-7H2,1-3H3,(H2,12,15). The van der Waals surface area contributed by atoms with Crippen LogP contribution in [0.25, 0.3) is 0 Å². The molecule has 0 saturated carbocycles. The van der Waals surface area contributed by atoms with E-state index >= 15 is 0 Å². The minimum absolute atomic E-state index is 0.00238. The van der Waals surface area contributed by atoms with Crippen molar-refractivity contribution >= 4 is 11.8 Å². The van der Waals surface area contributed by atoms with Crippen LogP contribution in [0.3, 0.4) is 0 Å². The molecule has 0 aliphatic carbocycles. The van der Waals surface area contributed by atoms with E-state index in [9.17, 15) is 9.59 Å². The number of hydrogen-bond donors (Lipinski definition) is 2. The average molecular weight is 227 g/mol. The number of carbonyl (C=O) groups excluding carboxylic acids is 2. The molecule has 1 heterocycles. The van der Waals surface area contributed by atoms with E-state index in [0.29, 0.717) is 6.54 Å². The topological polar surface area (TPSA) is 75.4 Å². The SMILES string of the molecule is CC(C)N(CC(N)=O)C(=O)C1(C)CCNC1. The maximum Gasteiger partial charge on any atom is 0.237 e. The van der Waals surface area contributed by atoms with Crippen molar-refractivity contribution in [3.63, 3.8) is 0 Å². The van der Waals surface area contributed by atoms with Gasteiger partial charge in [0.15, 0.2) is 0 Å². The van der Waals surface area contributed by atoms with E-state index < -0.39 is 5.91 Å². The van der Waals surface area contributed by atoms with E-state index in [1.807, 2.05) is 20.8 Å². The molecule has 5 nitrogen and oxygen atoms in total. The van der Waals surface area contributed by atoms with Gasteiger partial charge in [0.25, 0.3) is 0 Å². The lowest BCUT2D eigenvalue weighted by Crippen LogP contribution is -2.49. The Balaban J connectivity index is 2.77. The van der Waals surface area contributed by atoms with Crippen LogP contribution in [0.1, 0.15) is 27.2 Å². The van der Waals surface area contributed by atoms with Gasteiger partial charge in [-0.1, -0.05) is 0 Å². The van der Waals surface area contributed by atoms with Crippen molar-refractivity contribution in [1.82, 2.24) is 10.2 Å². The molecule has 92 valence electrons. The summed E-state index contributed by atoms with van der Waals surface area (Å²) in [6, 6.07) is -0.00238. The molecule has 3 N–H and O–H groups in total. The summed E-state index contributed by atoms with van der Waals surface area (Å²) in [7, 11) is 0. The molecule has 0 aromatic rings. The Hall–Kier alpha value is -1.10. The third-order valence-corrected chi connectivity index (χ3v) is 3.10. The molecule has 1 aliphatic heterocycles. The summed E-state index contributed by atoms with van der Waals surface area (Å²) in [5.41, 5.74) is 4.77. The van der Waals surface area contributed by atoms with Gasteiger partial charge in [0.05, 0.1) is 12.0 Å². The van der Waals surface area contributed by atoms with E-state index in [1.54, 1.807) is 4.90 Å². The highest BCUT2D eigenvalue weighted by Crippen LogP contribution is 2.27. The Bertz CT molecular complexity index is 283. The Labute approximate surface area is 96.4 Å². The molecule has 0 aromatic heterocycles. The van der Waals surface area contributed by atoms with E-state index in [-0.39, 0.29) is 23.9 Å². The molecule has 1 atom stereocenters. The third kappa shape index (κ3) is 2.72. The van der Waals surface area contributed by atoms with Crippen molar-refractivity contribution in [2.24, 2.45) is 11.1 Å². The predicted molar refractivity (Wildman–Crippen MR) is 61.6 cm³/mol. The van der Waals surface area contributed by atoms with Crippen LogP contribution in [0.4, 0.5) is 0 Å². The van der Waals surface area contributed by atoms with Gasteiger partial charge in [-0.15, -0.1) is 0 Å². The largest absolute Gasteiger partial charge is 0.368 e.